The van der Waals surface area contributed by atoms with E-state index in [1.807, 2.05) is 30.0 Å². The normalized spacial score (nSPS) is 12.2. The minimum atomic E-state index is 0.0955. The molecule has 3 aromatic rings. The van der Waals surface area contributed by atoms with Gasteiger partial charge in [0, 0.05) is 30.4 Å². The molecule has 1 aromatic carbocycles. The number of ether oxygens (including phenoxy) is 1. The molecule has 0 bridgehead atoms. The third-order valence-electron chi connectivity index (χ3n) is 5.04. The SMILES string of the molecule is CCN(Cc1ccncc1)C(=O)c1cc2c(s1)-c1cc(OC)ccc1CC2. The number of hydrogen-bond donors (Lipinski definition) is 0. The molecule has 4 nitrogen and oxygen atoms in total. The number of aromatic nitrogens is 1. The van der Waals surface area contributed by atoms with E-state index in [9.17, 15) is 4.79 Å². The number of aryl methyl sites for hydroxylation is 2. The van der Waals surface area contributed by atoms with Crippen molar-refractivity contribution in [3.63, 3.8) is 0 Å². The van der Waals surface area contributed by atoms with Crippen molar-refractivity contribution >= 4 is 17.2 Å². The lowest BCUT2D eigenvalue weighted by Crippen LogP contribution is -2.29. The number of fused-ring (bicyclic) bond motifs is 3. The molecule has 1 amide bonds. The number of rotatable bonds is 5. The van der Waals surface area contributed by atoms with E-state index < -0.39 is 0 Å². The standard InChI is InChI=1S/C22H22N2O2S/c1-3-24(14-15-8-10-23-11-9-15)22(25)20-12-17-5-4-16-6-7-18(26-2)13-19(16)21(17)27-20/h6-13H,3-5,14H2,1-2H3. The van der Waals surface area contributed by atoms with E-state index >= 15 is 0 Å². The van der Waals surface area contributed by atoms with Crippen LogP contribution in [0.15, 0.2) is 48.8 Å². The molecule has 0 fully saturated rings. The molecule has 0 saturated carbocycles. The monoisotopic (exact) mass is 378 g/mol. The summed E-state index contributed by atoms with van der Waals surface area (Å²) in [6.07, 6.45) is 5.52. The summed E-state index contributed by atoms with van der Waals surface area (Å²) >= 11 is 1.60. The van der Waals surface area contributed by atoms with E-state index in [2.05, 4.69) is 23.2 Å². The van der Waals surface area contributed by atoms with E-state index in [-0.39, 0.29) is 5.91 Å². The molecule has 2 heterocycles. The minimum absolute atomic E-state index is 0.0955. The summed E-state index contributed by atoms with van der Waals surface area (Å²) in [5.41, 5.74) is 4.89. The van der Waals surface area contributed by atoms with Gasteiger partial charge in [0.2, 0.25) is 0 Å². The van der Waals surface area contributed by atoms with Crippen molar-refractivity contribution in [3.05, 3.63) is 70.4 Å². The van der Waals surface area contributed by atoms with Crippen LogP contribution in [0.2, 0.25) is 0 Å². The number of carbonyl (C=O) groups excluding carboxylic acids is 1. The summed E-state index contributed by atoms with van der Waals surface area (Å²) in [6, 6.07) is 12.2. The third-order valence-corrected chi connectivity index (χ3v) is 6.24. The number of benzene rings is 1. The molecule has 5 heteroatoms. The largest absolute Gasteiger partial charge is 0.497 e. The Kier molecular flexibility index (Phi) is 4.94. The second-order valence-electron chi connectivity index (χ2n) is 6.66. The van der Waals surface area contributed by atoms with Crippen LogP contribution >= 0.6 is 11.3 Å². The van der Waals surface area contributed by atoms with E-state index in [0.717, 1.165) is 29.0 Å². The van der Waals surface area contributed by atoms with E-state index in [0.29, 0.717) is 13.1 Å². The Morgan fingerprint density at radius 3 is 2.67 bits per heavy atom. The molecule has 0 N–H and O–H groups in total. The highest BCUT2D eigenvalue weighted by Gasteiger charge is 2.24. The van der Waals surface area contributed by atoms with Crippen LogP contribution in [0.4, 0.5) is 0 Å². The Balaban J connectivity index is 1.64. The number of amides is 1. The second kappa shape index (κ2) is 7.53. The van der Waals surface area contributed by atoms with Crippen LogP contribution in [0.1, 0.15) is 33.3 Å². The van der Waals surface area contributed by atoms with Gasteiger partial charge in [-0.05, 0) is 72.4 Å². The van der Waals surface area contributed by atoms with Crippen molar-refractivity contribution in [2.45, 2.75) is 26.3 Å². The van der Waals surface area contributed by atoms with Gasteiger partial charge in [-0.25, -0.2) is 0 Å². The highest BCUT2D eigenvalue weighted by atomic mass is 32.1. The number of pyridine rings is 1. The zero-order chi connectivity index (χ0) is 18.8. The molecule has 4 rings (SSSR count). The average Bonchev–Trinajstić information content (AvgIpc) is 3.16. The Morgan fingerprint density at radius 2 is 1.93 bits per heavy atom. The molecule has 138 valence electrons. The van der Waals surface area contributed by atoms with Crippen LogP contribution in [0.3, 0.4) is 0 Å². The fourth-order valence-corrected chi connectivity index (χ4v) is 4.75. The van der Waals surface area contributed by atoms with Gasteiger partial charge in [-0.1, -0.05) is 6.07 Å². The number of carbonyl (C=O) groups is 1. The molecule has 0 saturated heterocycles. The van der Waals surface area contributed by atoms with Crippen LogP contribution in [0.5, 0.6) is 5.75 Å². The van der Waals surface area contributed by atoms with Gasteiger partial charge >= 0.3 is 0 Å². The maximum absolute atomic E-state index is 13.1. The van der Waals surface area contributed by atoms with Crippen molar-refractivity contribution < 1.29 is 9.53 Å². The lowest BCUT2D eigenvalue weighted by molar-refractivity contribution is 0.0757. The van der Waals surface area contributed by atoms with Crippen LogP contribution in [0, 0.1) is 0 Å². The van der Waals surface area contributed by atoms with Crippen molar-refractivity contribution in [3.8, 4) is 16.2 Å². The zero-order valence-electron chi connectivity index (χ0n) is 15.6. The van der Waals surface area contributed by atoms with Crippen LogP contribution < -0.4 is 4.74 Å². The summed E-state index contributed by atoms with van der Waals surface area (Å²) in [5.74, 6) is 0.953. The lowest BCUT2D eigenvalue weighted by atomic mass is 9.91. The summed E-state index contributed by atoms with van der Waals surface area (Å²) in [7, 11) is 1.69. The lowest BCUT2D eigenvalue weighted by Gasteiger charge is -2.20. The van der Waals surface area contributed by atoms with Gasteiger partial charge in [-0.15, -0.1) is 11.3 Å². The van der Waals surface area contributed by atoms with Crippen molar-refractivity contribution in [1.29, 1.82) is 0 Å². The average molecular weight is 378 g/mol. The van der Waals surface area contributed by atoms with Crippen molar-refractivity contribution in [2.24, 2.45) is 0 Å². The summed E-state index contributed by atoms with van der Waals surface area (Å²) in [5, 5.41) is 0. The molecular formula is C22H22N2O2S. The smallest absolute Gasteiger partial charge is 0.264 e. The van der Waals surface area contributed by atoms with E-state index in [1.54, 1.807) is 30.8 Å². The first-order valence-electron chi connectivity index (χ1n) is 9.17. The Hall–Kier alpha value is -2.66. The van der Waals surface area contributed by atoms with Crippen molar-refractivity contribution in [2.75, 3.05) is 13.7 Å². The predicted molar refractivity (Wildman–Crippen MR) is 108 cm³/mol. The molecule has 27 heavy (non-hydrogen) atoms. The Morgan fingerprint density at radius 1 is 1.15 bits per heavy atom. The first kappa shape index (κ1) is 17.7. The molecule has 0 spiro atoms. The Labute approximate surface area is 163 Å². The summed E-state index contributed by atoms with van der Waals surface area (Å²) < 4.78 is 5.40. The molecule has 0 unspecified atom stereocenters. The van der Waals surface area contributed by atoms with Gasteiger partial charge in [0.25, 0.3) is 5.91 Å². The topological polar surface area (TPSA) is 42.4 Å². The molecule has 0 radical (unpaired) electrons. The highest BCUT2D eigenvalue weighted by molar-refractivity contribution is 7.17. The van der Waals surface area contributed by atoms with Crippen molar-refractivity contribution in [1.82, 2.24) is 9.88 Å². The maximum atomic E-state index is 13.1. The molecule has 0 aliphatic heterocycles. The van der Waals surface area contributed by atoms with Crippen LogP contribution in [-0.4, -0.2) is 29.4 Å². The number of hydrogen-bond acceptors (Lipinski definition) is 4. The quantitative estimate of drug-likeness (QED) is 0.653. The second-order valence-corrected chi connectivity index (χ2v) is 7.72. The third kappa shape index (κ3) is 3.47. The number of methoxy groups -OCH3 is 1. The minimum Gasteiger partial charge on any atom is -0.497 e. The fourth-order valence-electron chi connectivity index (χ4n) is 3.52. The Bertz CT molecular complexity index is 966. The molecular weight excluding hydrogens is 356 g/mol. The van der Waals surface area contributed by atoms with E-state index in [4.69, 9.17) is 4.74 Å². The molecule has 2 aromatic heterocycles. The number of nitrogens with zero attached hydrogens (tertiary/aromatic N) is 2. The predicted octanol–water partition coefficient (Wildman–Crippen LogP) is 4.58. The first-order chi connectivity index (χ1) is 13.2. The van der Waals surface area contributed by atoms with Crippen LogP contribution in [-0.2, 0) is 19.4 Å². The van der Waals surface area contributed by atoms with Gasteiger partial charge < -0.3 is 9.64 Å². The molecule has 1 aliphatic rings. The summed E-state index contributed by atoms with van der Waals surface area (Å²) in [6.45, 7) is 3.30. The maximum Gasteiger partial charge on any atom is 0.264 e. The molecule has 1 aliphatic carbocycles. The first-order valence-corrected chi connectivity index (χ1v) is 9.99. The van der Waals surface area contributed by atoms with Gasteiger partial charge in [0.05, 0.1) is 12.0 Å². The number of thiophene rings is 1. The zero-order valence-corrected chi connectivity index (χ0v) is 16.4. The highest BCUT2D eigenvalue weighted by Crippen LogP contribution is 2.41. The van der Waals surface area contributed by atoms with Gasteiger partial charge in [-0.2, -0.15) is 0 Å². The fraction of sp³-hybridized carbons (Fsp3) is 0.273. The summed E-state index contributed by atoms with van der Waals surface area (Å²) in [4.78, 5) is 21.1. The van der Waals surface area contributed by atoms with E-state index in [1.165, 1.54) is 21.6 Å². The van der Waals surface area contributed by atoms with Gasteiger partial charge in [-0.3, -0.25) is 9.78 Å². The molecule has 0 atom stereocenters. The van der Waals surface area contributed by atoms with Gasteiger partial charge in [0.1, 0.15) is 5.75 Å². The van der Waals surface area contributed by atoms with Crippen LogP contribution in [0.25, 0.3) is 10.4 Å². The van der Waals surface area contributed by atoms with Gasteiger partial charge in [0.15, 0.2) is 0 Å².